The van der Waals surface area contributed by atoms with Gasteiger partial charge >= 0.3 is 0 Å². The zero-order valence-corrected chi connectivity index (χ0v) is 19.8. The van der Waals surface area contributed by atoms with Crippen LogP contribution >= 0.6 is 0 Å². The van der Waals surface area contributed by atoms with Gasteiger partial charge < -0.3 is 0 Å². The molecule has 0 nitrogen and oxygen atoms in total. The molecule has 0 heterocycles. The van der Waals surface area contributed by atoms with Crippen molar-refractivity contribution in [3.05, 3.63) is 107 Å². The van der Waals surface area contributed by atoms with Crippen LogP contribution in [0.25, 0.3) is 0 Å². The highest BCUT2D eigenvalue weighted by Gasteiger charge is 2.51. The summed E-state index contributed by atoms with van der Waals surface area (Å²) in [6, 6.07) is 29.9. The van der Waals surface area contributed by atoms with Gasteiger partial charge in [-0.1, -0.05) is 106 Å². The van der Waals surface area contributed by atoms with Crippen LogP contribution in [0.2, 0.25) is 24.2 Å². The maximum atomic E-state index is 2.71. The summed E-state index contributed by atoms with van der Waals surface area (Å²) >= 11 is 0. The second kappa shape index (κ2) is 7.53. The monoisotopic (exact) mass is 410 g/mol. The first-order valence-electron chi connectivity index (χ1n) is 11.7. The van der Waals surface area contributed by atoms with Crippen molar-refractivity contribution in [3.63, 3.8) is 0 Å². The molecule has 4 unspecified atom stereocenters. The van der Waals surface area contributed by atoms with Gasteiger partial charge in [-0.2, -0.15) is 0 Å². The van der Waals surface area contributed by atoms with E-state index in [1.807, 2.05) is 0 Å². The Hall–Kier alpha value is -2.12. The summed E-state index contributed by atoms with van der Waals surface area (Å²) in [6.45, 7) is 10.4. The first-order valence-corrected chi connectivity index (χ1v) is 14.8. The molecule has 2 aliphatic carbocycles. The Kier molecular flexibility index (Phi) is 4.98. The van der Waals surface area contributed by atoms with Crippen LogP contribution in [0.5, 0.6) is 0 Å². The molecule has 0 saturated carbocycles. The van der Waals surface area contributed by atoms with E-state index in [0.717, 1.165) is 11.1 Å². The van der Waals surface area contributed by atoms with Crippen LogP contribution in [0.4, 0.5) is 0 Å². The van der Waals surface area contributed by atoms with Crippen molar-refractivity contribution in [2.45, 2.75) is 68.6 Å². The number of hydrogen-bond donors (Lipinski definition) is 0. The van der Waals surface area contributed by atoms with Crippen LogP contribution in [0.1, 0.15) is 59.4 Å². The molecule has 0 N–H and O–H groups in total. The quantitative estimate of drug-likeness (QED) is 0.384. The van der Waals surface area contributed by atoms with Gasteiger partial charge in [0.2, 0.25) is 0 Å². The number of rotatable bonds is 3. The third-order valence-corrected chi connectivity index (χ3v) is 13.8. The van der Waals surface area contributed by atoms with Crippen molar-refractivity contribution in [3.8, 4) is 0 Å². The molecule has 3 aromatic rings. The molecule has 30 heavy (non-hydrogen) atoms. The summed E-state index contributed by atoms with van der Waals surface area (Å²) in [5.74, 6) is 1.99. The van der Waals surface area contributed by atoms with Gasteiger partial charge in [-0.3, -0.25) is 0 Å². The Morgan fingerprint density at radius 3 is 1.73 bits per heavy atom. The molecule has 1 heteroatoms. The molecule has 2 aliphatic rings. The molecule has 0 saturated heterocycles. The lowest BCUT2D eigenvalue weighted by atomic mass is 9.79. The molecule has 0 aromatic heterocycles. The Morgan fingerprint density at radius 1 is 0.633 bits per heavy atom. The van der Waals surface area contributed by atoms with E-state index in [4.69, 9.17) is 0 Å². The first-order chi connectivity index (χ1) is 14.5. The highest BCUT2D eigenvalue weighted by Crippen LogP contribution is 2.60. The Labute approximate surface area is 183 Å². The average Bonchev–Trinajstić information content (AvgIpc) is 3.04. The van der Waals surface area contributed by atoms with Gasteiger partial charge in [0.25, 0.3) is 0 Å². The second-order valence-electron chi connectivity index (χ2n) is 10.4. The van der Waals surface area contributed by atoms with Crippen molar-refractivity contribution in [1.82, 2.24) is 0 Å². The number of benzene rings is 3. The van der Waals surface area contributed by atoms with Crippen LogP contribution in [0, 0.1) is 0 Å². The predicted molar refractivity (Wildman–Crippen MR) is 131 cm³/mol. The molecule has 0 aliphatic heterocycles. The van der Waals surface area contributed by atoms with Crippen molar-refractivity contribution in [2.24, 2.45) is 0 Å². The van der Waals surface area contributed by atoms with Gasteiger partial charge in [-0.25, -0.2) is 0 Å². The van der Waals surface area contributed by atoms with Gasteiger partial charge in [0.05, 0.1) is 8.07 Å². The molecule has 4 atom stereocenters. The Balaban J connectivity index is 1.58. The zero-order valence-electron chi connectivity index (χ0n) is 18.8. The lowest BCUT2D eigenvalue weighted by Crippen LogP contribution is -2.45. The third kappa shape index (κ3) is 3.10. The fraction of sp³-hybridized carbons (Fsp3) is 0.379. The van der Waals surface area contributed by atoms with E-state index in [-0.39, 0.29) is 0 Å². The summed E-state index contributed by atoms with van der Waals surface area (Å²) in [5, 5.41) is 0. The normalized spacial score (nSPS) is 28.1. The van der Waals surface area contributed by atoms with E-state index >= 15 is 0 Å². The molecule has 3 aromatic carbocycles. The van der Waals surface area contributed by atoms with Crippen LogP contribution in [0.15, 0.2) is 78.9 Å². The van der Waals surface area contributed by atoms with Crippen LogP contribution < -0.4 is 0 Å². The van der Waals surface area contributed by atoms with E-state index in [2.05, 4.69) is 106 Å². The highest BCUT2D eigenvalue weighted by atomic mass is 28.3. The minimum absolute atomic E-state index is 0.644. The van der Waals surface area contributed by atoms with Crippen LogP contribution in [0.3, 0.4) is 0 Å². The lowest BCUT2D eigenvalue weighted by Gasteiger charge is -2.48. The summed E-state index contributed by atoms with van der Waals surface area (Å²) in [7, 11) is -1.61. The smallest absolute Gasteiger partial charge is 0.0557 e. The van der Waals surface area contributed by atoms with Gasteiger partial charge in [0, 0.05) is 0 Å². The molecule has 5 rings (SSSR count). The topological polar surface area (TPSA) is 0 Å². The largest absolute Gasteiger partial charge is 0.0689 e. The average molecular weight is 411 g/mol. The SMILES string of the molecule is CC1c2ccccc2C(C)C1[Si](C)(C)C1Cc2ccccc2CC1c1ccccc1. The highest BCUT2D eigenvalue weighted by molar-refractivity contribution is 6.80. The van der Waals surface area contributed by atoms with E-state index in [1.165, 1.54) is 12.8 Å². The number of hydrogen-bond acceptors (Lipinski definition) is 0. The molecule has 0 spiro atoms. The Morgan fingerprint density at radius 2 is 1.13 bits per heavy atom. The van der Waals surface area contributed by atoms with Gasteiger partial charge in [0.1, 0.15) is 0 Å². The summed E-state index contributed by atoms with van der Waals surface area (Å²) < 4.78 is 0. The molecule has 0 amide bonds. The maximum Gasteiger partial charge on any atom is 0.0557 e. The zero-order chi connectivity index (χ0) is 20.9. The molecular weight excluding hydrogens is 376 g/mol. The summed E-state index contributed by atoms with van der Waals surface area (Å²) in [5.41, 5.74) is 9.53. The van der Waals surface area contributed by atoms with Crippen molar-refractivity contribution >= 4 is 8.07 Å². The fourth-order valence-corrected chi connectivity index (χ4v) is 12.8. The fourth-order valence-electron chi connectivity index (χ4n) is 7.24. The third-order valence-electron chi connectivity index (χ3n) is 8.58. The van der Waals surface area contributed by atoms with Crippen molar-refractivity contribution < 1.29 is 0 Å². The van der Waals surface area contributed by atoms with Crippen LogP contribution in [-0.2, 0) is 12.8 Å². The first kappa shape index (κ1) is 19.8. The van der Waals surface area contributed by atoms with Crippen LogP contribution in [-0.4, -0.2) is 8.07 Å². The summed E-state index contributed by atoms with van der Waals surface area (Å²) in [4.78, 5) is 0. The van der Waals surface area contributed by atoms with E-state index in [9.17, 15) is 0 Å². The predicted octanol–water partition coefficient (Wildman–Crippen LogP) is 7.94. The van der Waals surface area contributed by atoms with E-state index in [0.29, 0.717) is 17.8 Å². The standard InChI is InChI=1S/C29H34Si/c1-20-25-16-10-11-17-26(25)21(2)29(20)30(3,4)28-19-24-15-9-8-14-23(24)18-27(28)22-12-6-5-7-13-22/h5-17,20-21,27-29H,18-19H2,1-4H3. The van der Waals surface area contributed by atoms with Crippen molar-refractivity contribution in [2.75, 3.05) is 0 Å². The molecular formula is C29H34Si. The molecule has 0 radical (unpaired) electrons. The Bertz CT molecular complexity index is 1010. The summed E-state index contributed by atoms with van der Waals surface area (Å²) in [6.07, 6.45) is 2.45. The number of fused-ring (bicyclic) bond motifs is 2. The van der Waals surface area contributed by atoms with E-state index in [1.54, 1.807) is 27.8 Å². The van der Waals surface area contributed by atoms with Gasteiger partial charge in [-0.15, -0.1) is 0 Å². The van der Waals surface area contributed by atoms with Crippen molar-refractivity contribution in [1.29, 1.82) is 0 Å². The second-order valence-corrected chi connectivity index (χ2v) is 15.4. The molecule has 0 bridgehead atoms. The molecule has 0 fully saturated rings. The molecule has 154 valence electrons. The maximum absolute atomic E-state index is 2.71. The van der Waals surface area contributed by atoms with Gasteiger partial charge in [-0.05, 0) is 69.5 Å². The minimum Gasteiger partial charge on any atom is -0.0689 e. The lowest BCUT2D eigenvalue weighted by molar-refractivity contribution is 0.535. The minimum atomic E-state index is -1.61. The van der Waals surface area contributed by atoms with E-state index < -0.39 is 8.07 Å². The van der Waals surface area contributed by atoms with Gasteiger partial charge in [0.15, 0.2) is 0 Å².